The summed E-state index contributed by atoms with van der Waals surface area (Å²) in [6, 6.07) is 0. The Balaban J connectivity index is 3.03. The molecule has 246 valence electrons. The highest BCUT2D eigenvalue weighted by Gasteiger charge is 1.97. The second-order valence-electron chi connectivity index (χ2n) is 7.81. The summed E-state index contributed by atoms with van der Waals surface area (Å²) >= 11 is 5.02. The van der Waals surface area contributed by atoms with E-state index in [4.69, 9.17) is 68.4 Å². The fourth-order valence-electron chi connectivity index (χ4n) is 2.62. The Bertz CT molecular complexity index is 507. The average Bonchev–Trinajstić information content (AvgIpc) is 2.97. The molecule has 0 atom stereocenters. The van der Waals surface area contributed by atoms with E-state index in [2.05, 4.69) is 4.74 Å². The molecule has 14 nitrogen and oxygen atoms in total. The normalized spacial score (nSPS) is 11.4. The smallest absolute Gasteiger partial charge is 0.403 e. The second kappa shape index (κ2) is 37.3. The molecule has 41 heavy (non-hydrogen) atoms. The number of halogens is 1. The van der Waals surface area contributed by atoms with E-state index in [1.807, 2.05) is 0 Å². The van der Waals surface area contributed by atoms with Crippen molar-refractivity contribution in [1.29, 1.82) is 0 Å². The van der Waals surface area contributed by atoms with Crippen molar-refractivity contribution in [3.8, 4) is 0 Å². The number of ether oxygens (including phenoxy) is 13. The van der Waals surface area contributed by atoms with Gasteiger partial charge in [0.1, 0.15) is 6.61 Å². The van der Waals surface area contributed by atoms with Crippen molar-refractivity contribution in [3.05, 3.63) is 0 Å². The van der Waals surface area contributed by atoms with Gasteiger partial charge in [0.25, 0.3) is 0 Å². The highest BCUT2D eigenvalue weighted by atomic mass is 35.5. The summed E-state index contributed by atoms with van der Waals surface area (Å²) in [5, 5.41) is 0. The Morgan fingerprint density at radius 3 is 0.683 bits per heavy atom. The van der Waals surface area contributed by atoms with Crippen molar-refractivity contribution in [2.24, 2.45) is 0 Å². The number of rotatable bonds is 36. The molecular weight excluding hydrogens is 572 g/mol. The molecule has 0 saturated carbocycles. The molecule has 15 heteroatoms. The molecule has 0 unspecified atom stereocenters. The maximum atomic E-state index is 10.3. The summed E-state index contributed by atoms with van der Waals surface area (Å²) in [6.07, 6.45) is 0. The van der Waals surface area contributed by atoms with Gasteiger partial charge in [-0.05, 0) is 0 Å². The SMILES string of the molecule is COCCOCCOCCOCCOCCOCCOCCOCCOCCOCCOCCOCCOC(=O)Cl. The lowest BCUT2D eigenvalue weighted by Gasteiger charge is -2.09. The number of methoxy groups -OCH3 is 1. The molecule has 0 rings (SSSR count). The van der Waals surface area contributed by atoms with Crippen molar-refractivity contribution in [2.75, 3.05) is 166 Å². The fourth-order valence-corrected chi connectivity index (χ4v) is 2.70. The van der Waals surface area contributed by atoms with Crippen LogP contribution in [0.5, 0.6) is 0 Å². The number of carbonyl (C=O) groups is 1. The molecule has 0 spiro atoms. The van der Waals surface area contributed by atoms with Gasteiger partial charge in [-0.2, -0.15) is 0 Å². The first-order chi connectivity index (χ1) is 20.3. The zero-order valence-electron chi connectivity index (χ0n) is 24.6. The van der Waals surface area contributed by atoms with Crippen LogP contribution in [0.3, 0.4) is 0 Å². The molecule has 0 radical (unpaired) electrons. The monoisotopic (exact) mass is 622 g/mol. The van der Waals surface area contributed by atoms with Crippen molar-refractivity contribution < 1.29 is 66.4 Å². The van der Waals surface area contributed by atoms with Crippen LogP contribution in [-0.4, -0.2) is 171 Å². The van der Waals surface area contributed by atoms with Gasteiger partial charge in [-0.15, -0.1) is 0 Å². The molecule has 0 aliphatic rings. The molecule has 0 saturated heterocycles. The van der Waals surface area contributed by atoms with E-state index in [0.29, 0.717) is 145 Å². The zero-order chi connectivity index (χ0) is 29.7. The molecular formula is C26H51ClO14. The largest absolute Gasteiger partial charge is 0.451 e. The van der Waals surface area contributed by atoms with Crippen LogP contribution >= 0.6 is 11.6 Å². The molecule has 0 N–H and O–H groups in total. The number of hydrogen-bond donors (Lipinski definition) is 0. The van der Waals surface area contributed by atoms with Gasteiger partial charge in [0.2, 0.25) is 0 Å². The topological polar surface area (TPSA) is 137 Å². The molecule has 0 aliphatic carbocycles. The summed E-state index contributed by atoms with van der Waals surface area (Å²) < 4.78 is 68.6. The predicted molar refractivity (Wildman–Crippen MR) is 148 cm³/mol. The van der Waals surface area contributed by atoms with E-state index in [0.717, 1.165) is 0 Å². The van der Waals surface area contributed by atoms with Crippen LogP contribution in [0.2, 0.25) is 0 Å². The van der Waals surface area contributed by atoms with E-state index >= 15 is 0 Å². The molecule has 0 aromatic heterocycles. The van der Waals surface area contributed by atoms with Gasteiger partial charge < -0.3 is 61.6 Å². The van der Waals surface area contributed by atoms with E-state index in [1.165, 1.54) is 0 Å². The zero-order valence-corrected chi connectivity index (χ0v) is 25.3. The Morgan fingerprint density at radius 1 is 0.341 bits per heavy atom. The van der Waals surface area contributed by atoms with Crippen LogP contribution in [0.4, 0.5) is 4.79 Å². The minimum absolute atomic E-state index is 0.126. The minimum Gasteiger partial charge on any atom is -0.451 e. The van der Waals surface area contributed by atoms with E-state index in [1.54, 1.807) is 7.11 Å². The lowest BCUT2D eigenvalue weighted by atomic mass is 10.6. The third kappa shape index (κ3) is 39.3. The Hall–Kier alpha value is -0.720. The molecule has 0 fully saturated rings. The third-order valence-electron chi connectivity index (χ3n) is 4.60. The highest BCUT2D eigenvalue weighted by Crippen LogP contribution is 1.89. The van der Waals surface area contributed by atoms with Crippen molar-refractivity contribution in [3.63, 3.8) is 0 Å². The van der Waals surface area contributed by atoms with E-state index in [9.17, 15) is 4.79 Å². The van der Waals surface area contributed by atoms with Crippen LogP contribution in [0, 0.1) is 0 Å². The van der Waals surface area contributed by atoms with Gasteiger partial charge in [0.05, 0.1) is 152 Å². The molecule has 0 amide bonds. The summed E-state index contributed by atoms with van der Waals surface area (Å²) in [7, 11) is 1.64. The molecule has 0 aromatic rings. The first-order valence-electron chi connectivity index (χ1n) is 13.9. The summed E-state index contributed by atoms with van der Waals surface area (Å²) in [4.78, 5) is 10.3. The van der Waals surface area contributed by atoms with E-state index in [-0.39, 0.29) is 13.2 Å². The van der Waals surface area contributed by atoms with Crippen molar-refractivity contribution in [1.82, 2.24) is 0 Å². The third-order valence-corrected chi connectivity index (χ3v) is 4.70. The summed E-state index contributed by atoms with van der Waals surface area (Å²) in [6.45, 7) is 11.5. The molecule has 0 aromatic carbocycles. The van der Waals surface area contributed by atoms with Crippen LogP contribution in [0.1, 0.15) is 0 Å². The van der Waals surface area contributed by atoms with Gasteiger partial charge in [-0.1, -0.05) is 0 Å². The van der Waals surface area contributed by atoms with E-state index < -0.39 is 5.43 Å². The average molecular weight is 623 g/mol. The maximum Gasteiger partial charge on any atom is 0.403 e. The minimum atomic E-state index is -0.839. The van der Waals surface area contributed by atoms with Crippen LogP contribution in [0.15, 0.2) is 0 Å². The van der Waals surface area contributed by atoms with Crippen molar-refractivity contribution >= 4 is 17.0 Å². The lowest BCUT2D eigenvalue weighted by molar-refractivity contribution is -0.0283. The molecule has 0 heterocycles. The van der Waals surface area contributed by atoms with Crippen molar-refractivity contribution in [2.45, 2.75) is 0 Å². The highest BCUT2D eigenvalue weighted by molar-refractivity contribution is 6.61. The quantitative estimate of drug-likeness (QED) is 0.0730. The van der Waals surface area contributed by atoms with Crippen LogP contribution in [0.25, 0.3) is 0 Å². The lowest BCUT2D eigenvalue weighted by Crippen LogP contribution is -2.15. The fraction of sp³-hybridized carbons (Fsp3) is 0.962. The van der Waals surface area contributed by atoms with Crippen LogP contribution in [-0.2, 0) is 61.6 Å². The number of hydrogen-bond acceptors (Lipinski definition) is 14. The Kier molecular flexibility index (Phi) is 36.7. The summed E-state index contributed by atoms with van der Waals surface area (Å²) in [5.74, 6) is 0. The maximum absolute atomic E-state index is 10.3. The van der Waals surface area contributed by atoms with Gasteiger partial charge in [-0.3, -0.25) is 0 Å². The van der Waals surface area contributed by atoms with Gasteiger partial charge >= 0.3 is 5.43 Å². The Morgan fingerprint density at radius 2 is 0.512 bits per heavy atom. The Labute approximate surface area is 249 Å². The summed E-state index contributed by atoms with van der Waals surface area (Å²) in [5.41, 5.74) is -0.839. The molecule has 0 bridgehead atoms. The van der Waals surface area contributed by atoms with Gasteiger partial charge in [-0.25, -0.2) is 4.79 Å². The number of carbonyl (C=O) groups excluding carboxylic acids is 1. The van der Waals surface area contributed by atoms with Gasteiger partial charge in [0.15, 0.2) is 0 Å². The standard InChI is InChI=1S/C26H51ClO14/c1-29-2-3-30-4-5-31-6-7-32-8-9-33-10-11-34-12-13-35-14-15-36-16-17-37-18-19-38-20-21-39-22-23-40-24-25-41-26(27)28/h2-25H2,1H3. The first-order valence-corrected chi connectivity index (χ1v) is 14.3. The first kappa shape index (κ1) is 40.3. The molecule has 0 aliphatic heterocycles. The second-order valence-corrected chi connectivity index (χ2v) is 8.12. The van der Waals surface area contributed by atoms with Crippen LogP contribution < -0.4 is 0 Å². The predicted octanol–water partition coefficient (Wildman–Crippen LogP) is 1.19. The van der Waals surface area contributed by atoms with Gasteiger partial charge in [0, 0.05) is 18.7 Å².